The van der Waals surface area contributed by atoms with Crippen molar-refractivity contribution in [2.24, 2.45) is 5.73 Å². The highest BCUT2D eigenvalue weighted by Gasteiger charge is 2.11. The number of benzene rings is 1. The van der Waals surface area contributed by atoms with Gasteiger partial charge in [-0.25, -0.2) is 4.79 Å². The van der Waals surface area contributed by atoms with E-state index in [0.717, 1.165) is 12.0 Å². The second-order valence-corrected chi connectivity index (χ2v) is 4.59. The number of ether oxygens (including phenoxy) is 1. The van der Waals surface area contributed by atoms with Crippen molar-refractivity contribution in [2.45, 2.75) is 32.7 Å². The van der Waals surface area contributed by atoms with E-state index in [1.54, 1.807) is 37.3 Å². The molecule has 1 unspecified atom stereocenters. The molecule has 0 aromatic heterocycles. The maximum Gasteiger partial charge on any atom is 0.330 e. The van der Waals surface area contributed by atoms with E-state index < -0.39 is 6.04 Å². The van der Waals surface area contributed by atoms with E-state index in [4.69, 9.17) is 10.5 Å². The number of carbonyl (C=O) groups is 2. The zero-order valence-electron chi connectivity index (χ0n) is 12.5. The van der Waals surface area contributed by atoms with Gasteiger partial charge in [-0.05, 0) is 37.1 Å². The third-order valence-electron chi connectivity index (χ3n) is 2.81. The number of nitrogens with two attached hydrogens (primary N) is 1. The van der Waals surface area contributed by atoms with Gasteiger partial charge in [-0.15, -0.1) is 0 Å². The lowest BCUT2D eigenvalue weighted by Crippen LogP contribution is -2.35. The lowest BCUT2D eigenvalue weighted by molar-refractivity contribution is -0.137. The Morgan fingerprint density at radius 1 is 1.29 bits per heavy atom. The van der Waals surface area contributed by atoms with Crippen LogP contribution in [-0.2, 0) is 14.3 Å². The van der Waals surface area contributed by atoms with Crippen molar-refractivity contribution >= 4 is 23.6 Å². The fourth-order valence-electron chi connectivity index (χ4n) is 1.71. The summed E-state index contributed by atoms with van der Waals surface area (Å²) in [5.74, 6) is -0.563. The van der Waals surface area contributed by atoms with Crippen LogP contribution in [-0.4, -0.2) is 24.5 Å². The molecule has 21 heavy (non-hydrogen) atoms. The van der Waals surface area contributed by atoms with Crippen molar-refractivity contribution < 1.29 is 14.3 Å². The summed E-state index contributed by atoms with van der Waals surface area (Å²) in [6, 6.07) is 6.65. The van der Waals surface area contributed by atoms with Crippen LogP contribution in [0.5, 0.6) is 0 Å². The molecule has 0 aliphatic rings. The molecule has 0 saturated heterocycles. The second kappa shape index (κ2) is 8.92. The quantitative estimate of drug-likeness (QED) is 0.596. The molecule has 1 aromatic rings. The van der Waals surface area contributed by atoms with Crippen molar-refractivity contribution in [3.05, 3.63) is 35.9 Å². The molecule has 0 saturated carbocycles. The molecule has 0 bridgehead atoms. The van der Waals surface area contributed by atoms with Gasteiger partial charge in [0, 0.05) is 11.8 Å². The molecule has 0 aliphatic carbocycles. The van der Waals surface area contributed by atoms with Gasteiger partial charge in [0.15, 0.2) is 0 Å². The molecule has 0 heterocycles. The first kappa shape index (κ1) is 16.9. The number of hydrogen-bond acceptors (Lipinski definition) is 4. The molecular weight excluding hydrogens is 268 g/mol. The second-order valence-electron chi connectivity index (χ2n) is 4.59. The molecule has 0 aliphatic heterocycles. The third kappa shape index (κ3) is 6.23. The highest BCUT2D eigenvalue weighted by Crippen LogP contribution is 2.11. The summed E-state index contributed by atoms with van der Waals surface area (Å²) in [7, 11) is 0. The van der Waals surface area contributed by atoms with E-state index in [1.807, 2.05) is 6.92 Å². The maximum atomic E-state index is 11.8. The van der Waals surface area contributed by atoms with Gasteiger partial charge in [0.2, 0.25) is 5.91 Å². The minimum Gasteiger partial charge on any atom is -0.463 e. The molecule has 1 aromatic carbocycles. The highest BCUT2D eigenvalue weighted by atomic mass is 16.5. The Balaban J connectivity index is 2.58. The van der Waals surface area contributed by atoms with Crippen LogP contribution in [0.15, 0.2) is 30.3 Å². The topological polar surface area (TPSA) is 81.4 Å². The molecule has 114 valence electrons. The first-order valence-electron chi connectivity index (χ1n) is 7.08. The number of esters is 1. The van der Waals surface area contributed by atoms with Gasteiger partial charge in [0.25, 0.3) is 0 Å². The first-order valence-corrected chi connectivity index (χ1v) is 7.08. The van der Waals surface area contributed by atoms with E-state index in [-0.39, 0.29) is 11.9 Å². The van der Waals surface area contributed by atoms with Gasteiger partial charge in [0.1, 0.15) is 0 Å². The van der Waals surface area contributed by atoms with Crippen LogP contribution >= 0.6 is 0 Å². The van der Waals surface area contributed by atoms with Gasteiger partial charge < -0.3 is 15.8 Å². The summed E-state index contributed by atoms with van der Waals surface area (Å²) in [6.45, 7) is 4.09. The largest absolute Gasteiger partial charge is 0.463 e. The van der Waals surface area contributed by atoms with Crippen LogP contribution < -0.4 is 11.1 Å². The number of hydrogen-bond donors (Lipinski definition) is 2. The Hall–Kier alpha value is -2.14. The number of nitrogens with one attached hydrogen (secondary N) is 1. The summed E-state index contributed by atoms with van der Waals surface area (Å²) < 4.78 is 4.79. The smallest absolute Gasteiger partial charge is 0.330 e. The predicted octanol–water partition coefficient (Wildman–Crippen LogP) is 2.33. The minimum absolute atomic E-state index is 0.188. The lowest BCUT2D eigenvalue weighted by Gasteiger charge is -2.11. The van der Waals surface area contributed by atoms with E-state index in [9.17, 15) is 9.59 Å². The number of rotatable bonds is 7. The van der Waals surface area contributed by atoms with Gasteiger partial charge in [-0.2, -0.15) is 0 Å². The first-order chi connectivity index (χ1) is 10.1. The standard InChI is InChI=1S/C16H22N2O3/c1-3-5-14(17)16(20)18-13-9-6-12(7-10-13)8-11-15(19)21-4-2/h6-11,14H,3-5,17H2,1-2H3,(H,18,20). The summed E-state index contributed by atoms with van der Waals surface area (Å²) in [6.07, 6.45) is 4.55. The van der Waals surface area contributed by atoms with Gasteiger partial charge >= 0.3 is 5.97 Å². The molecule has 5 heteroatoms. The maximum absolute atomic E-state index is 11.8. The fraction of sp³-hybridized carbons (Fsp3) is 0.375. The summed E-state index contributed by atoms with van der Waals surface area (Å²) in [5.41, 5.74) is 7.27. The Labute approximate surface area is 125 Å². The lowest BCUT2D eigenvalue weighted by atomic mass is 10.1. The molecule has 0 radical (unpaired) electrons. The Bertz CT molecular complexity index is 495. The van der Waals surface area contributed by atoms with Crippen LogP contribution in [0.2, 0.25) is 0 Å². The van der Waals surface area contributed by atoms with Crippen molar-refractivity contribution in [1.29, 1.82) is 0 Å². The van der Waals surface area contributed by atoms with Crippen LogP contribution in [0.25, 0.3) is 6.08 Å². The molecular formula is C16H22N2O3. The molecule has 0 fully saturated rings. The van der Waals surface area contributed by atoms with Crippen molar-refractivity contribution in [2.75, 3.05) is 11.9 Å². The third-order valence-corrected chi connectivity index (χ3v) is 2.81. The average Bonchev–Trinajstić information content (AvgIpc) is 2.47. The van der Waals surface area contributed by atoms with Crippen LogP contribution in [0, 0.1) is 0 Å². The number of amides is 1. The van der Waals surface area contributed by atoms with E-state index in [2.05, 4.69) is 5.32 Å². The van der Waals surface area contributed by atoms with E-state index in [1.165, 1.54) is 6.08 Å². The monoisotopic (exact) mass is 290 g/mol. The van der Waals surface area contributed by atoms with Gasteiger partial charge in [-0.3, -0.25) is 4.79 Å². The minimum atomic E-state index is -0.488. The van der Waals surface area contributed by atoms with E-state index in [0.29, 0.717) is 18.7 Å². The Morgan fingerprint density at radius 2 is 1.95 bits per heavy atom. The molecule has 1 rings (SSSR count). The molecule has 1 atom stereocenters. The summed E-state index contributed by atoms with van der Waals surface area (Å²) in [4.78, 5) is 22.9. The van der Waals surface area contributed by atoms with Crippen molar-refractivity contribution in [3.63, 3.8) is 0 Å². The summed E-state index contributed by atoms with van der Waals surface area (Å²) >= 11 is 0. The zero-order chi connectivity index (χ0) is 15.7. The van der Waals surface area contributed by atoms with E-state index >= 15 is 0 Å². The molecule has 5 nitrogen and oxygen atoms in total. The molecule has 0 spiro atoms. The predicted molar refractivity (Wildman–Crippen MR) is 83.6 cm³/mol. The fourth-order valence-corrected chi connectivity index (χ4v) is 1.71. The van der Waals surface area contributed by atoms with Gasteiger partial charge in [0.05, 0.1) is 12.6 Å². The molecule has 3 N–H and O–H groups in total. The van der Waals surface area contributed by atoms with Crippen LogP contribution in [0.3, 0.4) is 0 Å². The van der Waals surface area contributed by atoms with Crippen LogP contribution in [0.1, 0.15) is 32.3 Å². The number of carbonyl (C=O) groups excluding carboxylic acids is 2. The average molecular weight is 290 g/mol. The van der Waals surface area contributed by atoms with Crippen molar-refractivity contribution in [3.8, 4) is 0 Å². The SMILES string of the molecule is CCCC(N)C(=O)Nc1ccc(C=CC(=O)OCC)cc1. The van der Waals surface area contributed by atoms with Gasteiger partial charge in [-0.1, -0.05) is 25.5 Å². The number of anilines is 1. The van der Waals surface area contributed by atoms with Crippen molar-refractivity contribution in [1.82, 2.24) is 0 Å². The summed E-state index contributed by atoms with van der Waals surface area (Å²) in [5, 5.41) is 2.76. The normalized spacial score (nSPS) is 12.1. The zero-order valence-corrected chi connectivity index (χ0v) is 12.5. The molecule has 1 amide bonds. The van der Waals surface area contributed by atoms with Crippen LogP contribution in [0.4, 0.5) is 5.69 Å². The Morgan fingerprint density at radius 3 is 2.52 bits per heavy atom. The Kier molecular flexibility index (Phi) is 7.18. The highest BCUT2D eigenvalue weighted by molar-refractivity contribution is 5.94.